The predicted molar refractivity (Wildman–Crippen MR) is 37.1 cm³/mol. The van der Waals surface area contributed by atoms with E-state index in [9.17, 15) is 0 Å². The van der Waals surface area contributed by atoms with E-state index in [1.54, 1.807) is 33.3 Å². The smallest absolute Gasteiger partial charge is 0.0785 e. The van der Waals surface area contributed by atoms with E-state index in [1.807, 2.05) is 0 Å². The molecule has 0 aromatic heterocycles. The van der Waals surface area contributed by atoms with Crippen LogP contribution in [0.4, 0.5) is 0 Å². The van der Waals surface area contributed by atoms with E-state index >= 15 is 0 Å². The Morgan fingerprint density at radius 3 is 2.44 bits per heavy atom. The summed E-state index contributed by atoms with van der Waals surface area (Å²) in [6.45, 7) is 3.51. The molecule has 0 atom stereocenters. The summed E-state index contributed by atoms with van der Waals surface area (Å²) >= 11 is 0. The molecule has 9 heavy (non-hydrogen) atoms. The zero-order chi connectivity index (χ0) is 7.33. The van der Waals surface area contributed by atoms with Gasteiger partial charge in [0.1, 0.15) is 0 Å². The molecule has 2 heteroatoms. The van der Waals surface area contributed by atoms with Gasteiger partial charge < -0.3 is 9.84 Å². The van der Waals surface area contributed by atoms with Crippen LogP contribution in [-0.2, 0) is 4.74 Å². The van der Waals surface area contributed by atoms with Gasteiger partial charge in [-0.1, -0.05) is 0 Å². The molecule has 0 aromatic rings. The van der Waals surface area contributed by atoms with Crippen LogP contribution in [0.5, 0.6) is 0 Å². The maximum absolute atomic E-state index is 9.14. The van der Waals surface area contributed by atoms with Gasteiger partial charge >= 0.3 is 0 Å². The molecule has 0 bridgehead atoms. The quantitative estimate of drug-likeness (QED) is 0.583. The van der Waals surface area contributed by atoms with Crippen molar-refractivity contribution in [3.05, 3.63) is 12.3 Å². The minimum Gasteiger partial charge on any atom is -0.505 e. The van der Waals surface area contributed by atoms with E-state index in [4.69, 9.17) is 5.11 Å². The fraction of sp³-hybridized carbons (Fsp3) is 0.714. The average molecular weight is 130 g/mol. The van der Waals surface area contributed by atoms with Gasteiger partial charge in [-0.25, -0.2) is 0 Å². The zero-order valence-electron chi connectivity index (χ0n) is 6.22. The van der Waals surface area contributed by atoms with Crippen LogP contribution in [0.3, 0.4) is 0 Å². The van der Waals surface area contributed by atoms with Gasteiger partial charge in [0.2, 0.25) is 0 Å². The molecule has 0 aliphatic carbocycles. The first kappa shape index (κ1) is 8.50. The Hall–Kier alpha value is -0.500. The summed E-state index contributed by atoms with van der Waals surface area (Å²) in [6.07, 6.45) is 3.98. The molecular weight excluding hydrogens is 116 g/mol. The molecule has 0 rings (SSSR count). The summed E-state index contributed by atoms with van der Waals surface area (Å²) in [5.74, 6) is 0. The van der Waals surface area contributed by atoms with Crippen molar-refractivity contribution in [2.75, 3.05) is 7.11 Å². The van der Waals surface area contributed by atoms with Crippen molar-refractivity contribution in [2.45, 2.75) is 25.9 Å². The lowest BCUT2D eigenvalue weighted by Crippen LogP contribution is -2.16. The molecule has 0 saturated carbocycles. The third kappa shape index (κ3) is 7.50. The number of aliphatic hydroxyl groups is 1. The van der Waals surface area contributed by atoms with E-state index in [0.29, 0.717) is 6.42 Å². The highest BCUT2D eigenvalue weighted by atomic mass is 16.5. The summed E-state index contributed by atoms with van der Waals surface area (Å²) in [6, 6.07) is 0. The minimum atomic E-state index is -0.616. The van der Waals surface area contributed by atoms with E-state index in [0.717, 1.165) is 0 Å². The van der Waals surface area contributed by atoms with E-state index in [2.05, 4.69) is 4.74 Å². The lowest BCUT2D eigenvalue weighted by atomic mass is 10.1. The topological polar surface area (TPSA) is 29.5 Å². The molecule has 2 nitrogen and oxygen atoms in total. The monoisotopic (exact) mass is 130 g/mol. The second-order valence-corrected chi connectivity index (χ2v) is 2.62. The van der Waals surface area contributed by atoms with E-state index in [1.165, 1.54) is 0 Å². The van der Waals surface area contributed by atoms with Crippen molar-refractivity contribution in [3.63, 3.8) is 0 Å². The Kier molecular flexibility index (Phi) is 3.32. The number of hydrogen-bond donors (Lipinski definition) is 1. The molecule has 0 amide bonds. The van der Waals surface area contributed by atoms with Crippen molar-refractivity contribution in [3.8, 4) is 0 Å². The number of rotatable bonds is 3. The highest BCUT2D eigenvalue weighted by Gasteiger charge is 2.08. The van der Waals surface area contributed by atoms with Crippen LogP contribution in [0.1, 0.15) is 20.3 Å². The fourth-order valence-electron chi connectivity index (χ4n) is 0.433. The first-order valence-electron chi connectivity index (χ1n) is 2.96. The lowest BCUT2D eigenvalue weighted by Gasteiger charge is -2.12. The first-order valence-corrected chi connectivity index (χ1v) is 2.96. The lowest BCUT2D eigenvalue weighted by molar-refractivity contribution is 0.0832. The summed E-state index contributed by atoms with van der Waals surface area (Å²) < 4.78 is 4.65. The van der Waals surface area contributed by atoms with Crippen LogP contribution in [0.25, 0.3) is 0 Å². The van der Waals surface area contributed by atoms with Gasteiger partial charge in [-0.2, -0.15) is 0 Å². The summed E-state index contributed by atoms with van der Waals surface area (Å²) in [5.41, 5.74) is -0.616. The van der Waals surface area contributed by atoms with Crippen LogP contribution in [0.15, 0.2) is 12.3 Å². The van der Waals surface area contributed by atoms with Crippen LogP contribution < -0.4 is 0 Å². The van der Waals surface area contributed by atoms with Gasteiger partial charge in [-0.15, -0.1) is 0 Å². The predicted octanol–water partition coefficient (Wildman–Crippen LogP) is 1.31. The molecule has 0 saturated heterocycles. The van der Waals surface area contributed by atoms with Crippen LogP contribution in [-0.4, -0.2) is 17.8 Å². The number of ether oxygens (including phenoxy) is 1. The van der Waals surface area contributed by atoms with E-state index < -0.39 is 5.60 Å². The molecule has 54 valence electrons. The summed E-state index contributed by atoms with van der Waals surface area (Å²) in [5, 5.41) is 9.14. The second-order valence-electron chi connectivity index (χ2n) is 2.62. The van der Waals surface area contributed by atoms with Crippen molar-refractivity contribution in [1.29, 1.82) is 0 Å². The van der Waals surface area contributed by atoms with Gasteiger partial charge in [0.15, 0.2) is 0 Å². The SMILES string of the molecule is CO/C=C/CC(C)(C)O. The fourth-order valence-corrected chi connectivity index (χ4v) is 0.433. The Morgan fingerprint density at radius 1 is 1.56 bits per heavy atom. The Balaban J connectivity index is 3.38. The third-order valence-corrected chi connectivity index (χ3v) is 0.850. The first-order chi connectivity index (χ1) is 4.06. The van der Waals surface area contributed by atoms with Crippen molar-refractivity contribution in [2.24, 2.45) is 0 Å². The molecule has 0 spiro atoms. The van der Waals surface area contributed by atoms with Gasteiger partial charge in [0, 0.05) is 0 Å². The standard InChI is InChI=1S/C7H14O2/c1-7(2,8)5-4-6-9-3/h4,6,8H,5H2,1-3H3/b6-4+. The van der Waals surface area contributed by atoms with Crippen LogP contribution in [0, 0.1) is 0 Å². The molecule has 0 aromatic carbocycles. The average Bonchev–Trinajstić information content (AvgIpc) is 1.63. The Labute approximate surface area is 56.1 Å². The molecule has 0 radical (unpaired) electrons. The number of methoxy groups -OCH3 is 1. The molecule has 0 unspecified atom stereocenters. The largest absolute Gasteiger partial charge is 0.505 e. The molecule has 0 fully saturated rings. The maximum Gasteiger partial charge on any atom is 0.0785 e. The summed E-state index contributed by atoms with van der Waals surface area (Å²) in [7, 11) is 1.58. The van der Waals surface area contributed by atoms with Gasteiger partial charge in [0.25, 0.3) is 0 Å². The van der Waals surface area contributed by atoms with Crippen LogP contribution >= 0.6 is 0 Å². The molecular formula is C7H14O2. The van der Waals surface area contributed by atoms with Crippen LogP contribution in [0.2, 0.25) is 0 Å². The Morgan fingerprint density at radius 2 is 2.11 bits per heavy atom. The zero-order valence-corrected chi connectivity index (χ0v) is 6.22. The molecule has 0 heterocycles. The third-order valence-electron chi connectivity index (χ3n) is 0.850. The maximum atomic E-state index is 9.14. The van der Waals surface area contributed by atoms with Crippen molar-refractivity contribution >= 4 is 0 Å². The minimum absolute atomic E-state index is 0.616. The van der Waals surface area contributed by atoms with Gasteiger partial charge in [0.05, 0.1) is 19.0 Å². The molecule has 0 aliphatic rings. The second kappa shape index (κ2) is 3.51. The van der Waals surface area contributed by atoms with Gasteiger partial charge in [-0.05, 0) is 26.3 Å². The summed E-state index contributed by atoms with van der Waals surface area (Å²) in [4.78, 5) is 0. The molecule has 1 N–H and O–H groups in total. The van der Waals surface area contributed by atoms with Crippen molar-refractivity contribution < 1.29 is 9.84 Å². The molecule has 0 aliphatic heterocycles. The highest BCUT2D eigenvalue weighted by Crippen LogP contribution is 2.06. The van der Waals surface area contributed by atoms with Crippen molar-refractivity contribution in [1.82, 2.24) is 0 Å². The normalized spacial score (nSPS) is 12.4. The van der Waals surface area contributed by atoms with Gasteiger partial charge in [-0.3, -0.25) is 0 Å². The number of hydrogen-bond acceptors (Lipinski definition) is 2. The Bertz CT molecular complexity index is 89.6. The highest BCUT2D eigenvalue weighted by molar-refractivity contribution is 4.81. The van der Waals surface area contributed by atoms with E-state index in [-0.39, 0.29) is 0 Å².